The molecule has 0 bridgehead atoms. The lowest BCUT2D eigenvalue weighted by Gasteiger charge is -2.32. The summed E-state index contributed by atoms with van der Waals surface area (Å²) in [7, 11) is 0. The van der Waals surface area contributed by atoms with Crippen LogP contribution >= 0.6 is 0 Å². The lowest BCUT2D eigenvalue weighted by molar-refractivity contribution is -0.131. The maximum Gasteiger partial charge on any atom is 0.252 e. The van der Waals surface area contributed by atoms with Gasteiger partial charge >= 0.3 is 0 Å². The number of rotatable bonds is 4. The summed E-state index contributed by atoms with van der Waals surface area (Å²) in [6.07, 6.45) is 3.81. The van der Waals surface area contributed by atoms with Gasteiger partial charge in [-0.15, -0.1) is 0 Å². The van der Waals surface area contributed by atoms with Crippen LogP contribution in [-0.4, -0.2) is 44.1 Å². The summed E-state index contributed by atoms with van der Waals surface area (Å²) in [4.78, 5) is 32.6. The summed E-state index contributed by atoms with van der Waals surface area (Å²) >= 11 is 0. The van der Waals surface area contributed by atoms with E-state index in [4.69, 9.17) is 5.73 Å². The molecule has 0 radical (unpaired) electrons. The first-order valence-electron chi connectivity index (χ1n) is 9.32. The Morgan fingerprint density at radius 1 is 1.29 bits per heavy atom. The van der Waals surface area contributed by atoms with Gasteiger partial charge in [-0.05, 0) is 18.4 Å². The fourth-order valence-electron chi connectivity index (χ4n) is 3.78. The van der Waals surface area contributed by atoms with Crippen molar-refractivity contribution in [3.63, 3.8) is 0 Å². The van der Waals surface area contributed by atoms with Crippen LogP contribution in [-0.2, 0) is 11.2 Å². The molecular weight excluding hydrogens is 356 g/mol. The summed E-state index contributed by atoms with van der Waals surface area (Å²) in [5.74, 6) is 0.160. The molecule has 3 heterocycles. The number of H-pyrrole nitrogens is 2. The molecule has 144 valence electrons. The number of nitrogens with zero attached hydrogens (tertiary/aromatic N) is 3. The normalized spacial score (nSPS) is 16.9. The minimum absolute atomic E-state index is 0.0248. The minimum Gasteiger partial charge on any atom is -0.369 e. The first-order valence-corrected chi connectivity index (χ1v) is 9.32. The highest BCUT2D eigenvalue weighted by molar-refractivity contribution is 5.78. The van der Waals surface area contributed by atoms with Gasteiger partial charge in [0.05, 0.1) is 18.3 Å². The summed E-state index contributed by atoms with van der Waals surface area (Å²) in [5, 5.41) is 7.38. The van der Waals surface area contributed by atoms with Gasteiger partial charge in [-0.25, -0.2) is 4.98 Å². The fourth-order valence-corrected chi connectivity index (χ4v) is 3.78. The molecule has 0 spiro atoms. The van der Waals surface area contributed by atoms with Crippen molar-refractivity contribution in [1.29, 1.82) is 0 Å². The van der Waals surface area contributed by atoms with Gasteiger partial charge in [-0.1, -0.05) is 30.3 Å². The number of piperidine rings is 1. The highest BCUT2D eigenvalue weighted by Gasteiger charge is 2.28. The Kier molecular flexibility index (Phi) is 4.92. The second-order valence-electron chi connectivity index (χ2n) is 7.04. The van der Waals surface area contributed by atoms with E-state index in [1.165, 1.54) is 6.07 Å². The predicted octanol–water partition coefficient (Wildman–Crippen LogP) is 1.69. The fraction of sp³-hybridized carbons (Fsp3) is 0.300. The average Bonchev–Trinajstić information content (AvgIpc) is 3.18. The van der Waals surface area contributed by atoms with E-state index in [-0.39, 0.29) is 29.8 Å². The third kappa shape index (κ3) is 3.80. The number of anilines is 1. The number of nitrogens with two attached hydrogens (primary N) is 1. The van der Waals surface area contributed by atoms with Crippen LogP contribution in [0, 0.1) is 0 Å². The van der Waals surface area contributed by atoms with E-state index in [1.807, 2.05) is 29.3 Å². The second-order valence-corrected chi connectivity index (χ2v) is 7.04. The maximum atomic E-state index is 12.8. The Hall–Kier alpha value is -3.42. The molecule has 28 heavy (non-hydrogen) atoms. The number of hydrogen-bond acceptors (Lipinski definition) is 5. The number of benzene rings is 1. The summed E-state index contributed by atoms with van der Waals surface area (Å²) in [5.41, 5.74) is 8.85. The van der Waals surface area contributed by atoms with Crippen LogP contribution in [0.3, 0.4) is 0 Å². The van der Waals surface area contributed by atoms with Gasteiger partial charge in [0.25, 0.3) is 5.56 Å². The van der Waals surface area contributed by atoms with Crippen LogP contribution in [0.15, 0.2) is 47.4 Å². The van der Waals surface area contributed by atoms with Crippen molar-refractivity contribution in [3.05, 3.63) is 64.3 Å². The predicted molar refractivity (Wildman–Crippen MR) is 106 cm³/mol. The molecule has 1 unspecified atom stereocenters. The van der Waals surface area contributed by atoms with Crippen molar-refractivity contribution in [2.45, 2.75) is 25.2 Å². The van der Waals surface area contributed by atoms with Gasteiger partial charge in [0.2, 0.25) is 11.9 Å². The molecule has 0 saturated carbocycles. The van der Waals surface area contributed by atoms with Gasteiger partial charge in [-0.3, -0.25) is 19.7 Å². The van der Waals surface area contributed by atoms with Crippen molar-refractivity contribution in [1.82, 2.24) is 25.1 Å². The van der Waals surface area contributed by atoms with Gasteiger partial charge in [0.15, 0.2) is 0 Å². The summed E-state index contributed by atoms with van der Waals surface area (Å²) < 4.78 is 0. The third-order valence-corrected chi connectivity index (χ3v) is 5.08. The number of nitrogens with one attached hydrogen (secondary N) is 2. The number of aromatic nitrogens is 4. The lowest BCUT2D eigenvalue weighted by Crippen LogP contribution is -2.40. The van der Waals surface area contributed by atoms with Gasteiger partial charge in [0.1, 0.15) is 0 Å². The molecule has 2 aromatic heterocycles. The highest BCUT2D eigenvalue weighted by Crippen LogP contribution is 2.33. The molecular formula is C20H22N6O2. The molecule has 4 N–H and O–H groups in total. The molecule has 1 saturated heterocycles. The summed E-state index contributed by atoms with van der Waals surface area (Å²) in [6.45, 7) is 1.31. The minimum atomic E-state index is -0.350. The molecule has 1 aromatic carbocycles. The third-order valence-electron chi connectivity index (χ3n) is 5.08. The van der Waals surface area contributed by atoms with Crippen LogP contribution in [0.25, 0.3) is 11.1 Å². The molecule has 1 atom stereocenters. The van der Waals surface area contributed by atoms with Crippen molar-refractivity contribution in [3.8, 4) is 11.1 Å². The zero-order chi connectivity index (χ0) is 19.5. The Balaban J connectivity index is 1.50. The molecule has 3 aromatic rings. The van der Waals surface area contributed by atoms with Crippen molar-refractivity contribution in [2.24, 2.45) is 0 Å². The van der Waals surface area contributed by atoms with E-state index in [9.17, 15) is 9.59 Å². The van der Waals surface area contributed by atoms with Crippen LogP contribution in [0.5, 0.6) is 0 Å². The Morgan fingerprint density at radius 2 is 2.11 bits per heavy atom. The van der Waals surface area contributed by atoms with Crippen LogP contribution in [0.4, 0.5) is 5.95 Å². The van der Waals surface area contributed by atoms with Crippen LogP contribution in [0.1, 0.15) is 30.1 Å². The molecule has 1 aliphatic heterocycles. The molecule has 4 rings (SSSR count). The largest absolute Gasteiger partial charge is 0.369 e. The Bertz CT molecular complexity index is 1030. The smallest absolute Gasteiger partial charge is 0.252 e. The molecule has 1 fully saturated rings. The molecule has 8 nitrogen and oxygen atoms in total. The zero-order valence-corrected chi connectivity index (χ0v) is 15.4. The first-order chi connectivity index (χ1) is 13.6. The number of aromatic amines is 2. The number of hydrogen-bond donors (Lipinski definition) is 3. The molecule has 8 heteroatoms. The van der Waals surface area contributed by atoms with E-state index >= 15 is 0 Å². The van der Waals surface area contributed by atoms with Crippen molar-refractivity contribution in [2.75, 3.05) is 18.8 Å². The van der Waals surface area contributed by atoms with Crippen molar-refractivity contribution < 1.29 is 4.79 Å². The van der Waals surface area contributed by atoms with E-state index in [2.05, 4.69) is 32.3 Å². The average molecular weight is 378 g/mol. The van der Waals surface area contributed by atoms with Crippen LogP contribution in [0.2, 0.25) is 0 Å². The standard InChI is InChI=1S/C20H22N6O2/c21-20-23-15(9-17(27)24-20)10-18(28)26-8-4-7-14(12-26)19-16(11-22-25-19)13-5-2-1-3-6-13/h1-3,5-6,9,11,14H,4,7-8,10,12H2,(H,22,25)(H3,21,23,24,27). The topological polar surface area (TPSA) is 121 Å². The SMILES string of the molecule is Nc1nc(CC(=O)N2CCCC(c3[nH]ncc3-c3ccccc3)C2)cc(=O)[nH]1. The number of nitrogen functional groups attached to an aromatic ring is 1. The Labute approximate surface area is 161 Å². The van der Waals surface area contributed by atoms with E-state index in [0.717, 1.165) is 29.7 Å². The second kappa shape index (κ2) is 7.67. The van der Waals surface area contributed by atoms with E-state index in [1.54, 1.807) is 0 Å². The number of likely N-dealkylation sites (tertiary alicyclic amines) is 1. The Morgan fingerprint density at radius 3 is 2.89 bits per heavy atom. The van der Waals surface area contributed by atoms with Gasteiger partial charge in [0, 0.05) is 36.3 Å². The van der Waals surface area contributed by atoms with Crippen molar-refractivity contribution >= 4 is 11.9 Å². The molecule has 1 amide bonds. The number of carbonyl (C=O) groups is 1. The van der Waals surface area contributed by atoms with Gasteiger partial charge < -0.3 is 10.6 Å². The van der Waals surface area contributed by atoms with E-state index < -0.39 is 0 Å². The molecule has 0 aliphatic carbocycles. The number of carbonyl (C=O) groups excluding carboxylic acids is 1. The molecule has 1 aliphatic rings. The van der Waals surface area contributed by atoms with Crippen LogP contribution < -0.4 is 11.3 Å². The highest BCUT2D eigenvalue weighted by atomic mass is 16.2. The maximum absolute atomic E-state index is 12.8. The van der Waals surface area contributed by atoms with Gasteiger partial charge in [-0.2, -0.15) is 5.10 Å². The quantitative estimate of drug-likeness (QED) is 0.638. The first kappa shape index (κ1) is 18.0. The monoisotopic (exact) mass is 378 g/mol. The lowest BCUT2D eigenvalue weighted by atomic mass is 9.90. The summed E-state index contributed by atoms with van der Waals surface area (Å²) in [6, 6.07) is 11.4. The zero-order valence-electron chi connectivity index (χ0n) is 15.4. The van der Waals surface area contributed by atoms with E-state index in [0.29, 0.717) is 18.8 Å². The number of amides is 1.